The molecule has 0 saturated heterocycles. The molecule has 71 heavy (non-hydrogen) atoms. The average molecular weight is 965 g/mol. The molecule has 4 bridgehead atoms. The van der Waals surface area contributed by atoms with Crippen LogP contribution in [0.25, 0.3) is 68.6 Å². The first kappa shape index (κ1) is 47.5. The van der Waals surface area contributed by atoms with E-state index in [1.165, 1.54) is 0 Å². The van der Waals surface area contributed by atoms with E-state index in [-0.39, 0.29) is 18.8 Å². The van der Waals surface area contributed by atoms with Gasteiger partial charge >= 0.3 is 0 Å². The van der Waals surface area contributed by atoms with Gasteiger partial charge in [0.2, 0.25) is 17.6 Å². The van der Waals surface area contributed by atoms with Crippen LogP contribution in [0.5, 0.6) is 17.6 Å². The number of ether oxygens (including phenoxy) is 3. The highest BCUT2D eigenvalue weighted by Gasteiger charge is 2.29. The number of nitrogens with one attached hydrogen (secondary N) is 2. The summed E-state index contributed by atoms with van der Waals surface area (Å²) in [6.45, 7) is 20.7. The molecule has 0 unspecified atom stereocenters. The number of likely N-dealkylation sites (N-methyl/N-ethyl adjacent to an activating group) is 2. The molecule has 2 aliphatic heterocycles. The fourth-order valence-electron chi connectivity index (χ4n) is 10.1. The summed E-state index contributed by atoms with van der Waals surface area (Å²) in [6, 6.07) is 3.89. The summed E-state index contributed by atoms with van der Waals surface area (Å²) in [6.07, 6.45) is 8.61. The van der Waals surface area contributed by atoms with Crippen molar-refractivity contribution in [2.24, 2.45) is 14.1 Å². The SMILES string of the molecule is CCOc1nn([C@@H](C)CO)c2c1/C=C/c1[nH]nc3c(C)nc(cc13)-c1c(CCn3nc(C)c4c3CN(C)CCOc3c(c(C)nn3C)-c3cc5c([nH]nc5c(C)n3)/C=C/4)nn(C)c1O[C@@H](C)CN(CC)C2. The van der Waals surface area contributed by atoms with Crippen LogP contribution in [0.4, 0.5) is 0 Å². The van der Waals surface area contributed by atoms with E-state index in [9.17, 15) is 5.11 Å². The van der Waals surface area contributed by atoms with Crippen LogP contribution in [0.1, 0.15) is 96.1 Å². The number of aromatic nitrogens is 14. The Morgan fingerprint density at radius 3 is 2.10 bits per heavy atom. The minimum Gasteiger partial charge on any atom is -0.476 e. The molecule has 2 atom stereocenters. The van der Waals surface area contributed by atoms with E-state index in [0.29, 0.717) is 70.0 Å². The van der Waals surface area contributed by atoms with Crippen molar-refractivity contribution in [1.82, 2.24) is 79.3 Å². The van der Waals surface area contributed by atoms with Crippen LogP contribution in [-0.2, 0) is 40.2 Å². The van der Waals surface area contributed by atoms with Gasteiger partial charge in [-0.15, -0.1) is 5.10 Å². The molecule has 10 heterocycles. The van der Waals surface area contributed by atoms with E-state index in [1.54, 1.807) is 4.68 Å². The lowest BCUT2D eigenvalue weighted by Crippen LogP contribution is -2.35. The minimum absolute atomic E-state index is 0.0665. The van der Waals surface area contributed by atoms with Crippen LogP contribution in [0.2, 0.25) is 0 Å². The maximum absolute atomic E-state index is 10.3. The van der Waals surface area contributed by atoms with Crippen LogP contribution in [0.3, 0.4) is 0 Å². The lowest BCUT2D eigenvalue weighted by Gasteiger charge is -2.26. The largest absolute Gasteiger partial charge is 0.476 e. The molecule has 2 aliphatic rings. The van der Waals surface area contributed by atoms with Crippen LogP contribution in [0.15, 0.2) is 12.1 Å². The Kier molecular flexibility index (Phi) is 12.9. The van der Waals surface area contributed by atoms with Gasteiger partial charge in [-0.25, -0.2) is 9.36 Å². The Hall–Kier alpha value is -7.16. The Bertz CT molecular complexity index is 3340. The number of nitrogens with zero attached hydrogens (tertiary/aromatic N) is 14. The molecular weight excluding hydrogens is 901 g/mol. The first-order chi connectivity index (χ1) is 34.2. The van der Waals surface area contributed by atoms with Gasteiger partial charge < -0.3 is 19.3 Å². The molecule has 0 amide bonds. The van der Waals surface area contributed by atoms with Gasteiger partial charge in [0, 0.05) is 69.6 Å². The molecule has 20 heteroatoms. The Labute approximate surface area is 412 Å². The van der Waals surface area contributed by atoms with Crippen molar-refractivity contribution in [3.8, 4) is 40.2 Å². The molecule has 372 valence electrons. The summed E-state index contributed by atoms with van der Waals surface area (Å²) >= 11 is 0. The van der Waals surface area contributed by atoms with Crippen molar-refractivity contribution in [3.63, 3.8) is 0 Å². The average Bonchev–Trinajstić information content (AvgIpc) is 4.18. The fraction of sp³-hybridized carbons (Fsp3) is 0.451. The number of aromatic amines is 2. The summed E-state index contributed by atoms with van der Waals surface area (Å²) in [5, 5.41) is 48.2. The molecular formula is C51H64N16O4. The molecule has 0 spiro atoms. The summed E-state index contributed by atoms with van der Waals surface area (Å²) in [5.74, 6) is 1.83. The zero-order chi connectivity index (χ0) is 49.8. The van der Waals surface area contributed by atoms with Gasteiger partial charge in [-0.1, -0.05) is 6.92 Å². The number of hydrogen-bond acceptors (Lipinski definition) is 14. The van der Waals surface area contributed by atoms with E-state index < -0.39 is 0 Å². The maximum atomic E-state index is 10.3. The summed E-state index contributed by atoms with van der Waals surface area (Å²) in [4.78, 5) is 14.8. The van der Waals surface area contributed by atoms with Crippen LogP contribution >= 0.6 is 0 Å². The van der Waals surface area contributed by atoms with Gasteiger partial charge in [-0.3, -0.25) is 39.3 Å². The number of aliphatic hydroxyl groups is 1. The normalized spacial score (nSPS) is 17.2. The molecule has 0 aromatic carbocycles. The van der Waals surface area contributed by atoms with Crippen molar-refractivity contribution in [1.29, 1.82) is 0 Å². The molecule has 0 radical (unpaired) electrons. The zero-order valence-electron chi connectivity index (χ0n) is 42.6. The smallest absolute Gasteiger partial charge is 0.240 e. The van der Waals surface area contributed by atoms with Crippen LogP contribution in [-0.4, -0.2) is 137 Å². The topological polar surface area (TPSA) is 209 Å². The second-order valence-corrected chi connectivity index (χ2v) is 18.9. The Morgan fingerprint density at radius 1 is 0.775 bits per heavy atom. The second-order valence-electron chi connectivity index (χ2n) is 18.9. The van der Waals surface area contributed by atoms with Crippen molar-refractivity contribution in [3.05, 3.63) is 74.5 Å². The first-order valence-corrected chi connectivity index (χ1v) is 24.5. The third kappa shape index (κ3) is 8.77. The number of aryl methyl sites for hydroxylation is 8. The number of fused-ring (bicyclic) bond motifs is 8. The molecule has 20 nitrogen and oxygen atoms in total. The lowest BCUT2D eigenvalue weighted by atomic mass is 10.1. The van der Waals surface area contributed by atoms with Gasteiger partial charge in [0.1, 0.15) is 23.7 Å². The number of H-pyrrole nitrogens is 2. The van der Waals surface area contributed by atoms with E-state index in [4.69, 9.17) is 49.7 Å². The van der Waals surface area contributed by atoms with Gasteiger partial charge in [0.15, 0.2) is 0 Å². The van der Waals surface area contributed by atoms with Crippen LogP contribution < -0.4 is 14.2 Å². The molecule has 8 aromatic heterocycles. The first-order valence-electron chi connectivity index (χ1n) is 24.5. The highest BCUT2D eigenvalue weighted by Crippen LogP contribution is 2.39. The van der Waals surface area contributed by atoms with Crippen LogP contribution in [0, 0.1) is 27.7 Å². The highest BCUT2D eigenvalue weighted by atomic mass is 16.5. The lowest BCUT2D eigenvalue weighted by molar-refractivity contribution is 0.132. The molecule has 0 fully saturated rings. The predicted molar refractivity (Wildman–Crippen MR) is 273 cm³/mol. The molecule has 0 aliphatic carbocycles. The molecule has 0 saturated carbocycles. The molecule has 8 aromatic rings. The van der Waals surface area contributed by atoms with Crippen molar-refractivity contribution in [2.75, 3.05) is 46.5 Å². The Balaban J connectivity index is 1.04. The van der Waals surface area contributed by atoms with Crippen molar-refractivity contribution in [2.45, 2.75) is 93.6 Å². The summed E-state index contributed by atoms with van der Waals surface area (Å²) in [7, 11) is 5.95. The maximum Gasteiger partial charge on any atom is 0.240 e. The molecule has 10 rings (SSSR count). The number of aliphatic hydroxyl groups excluding tert-OH is 1. The van der Waals surface area contributed by atoms with Gasteiger partial charge in [0.25, 0.3) is 0 Å². The van der Waals surface area contributed by atoms with Gasteiger partial charge in [-0.05, 0) is 98.5 Å². The second kappa shape index (κ2) is 19.2. The highest BCUT2D eigenvalue weighted by molar-refractivity contribution is 5.95. The zero-order valence-corrected chi connectivity index (χ0v) is 42.6. The summed E-state index contributed by atoms with van der Waals surface area (Å²) < 4.78 is 27.3. The van der Waals surface area contributed by atoms with E-state index >= 15 is 0 Å². The summed E-state index contributed by atoms with van der Waals surface area (Å²) in [5.41, 5.74) is 14.6. The number of hydrogen-bond donors (Lipinski definition) is 3. The standard InChI is InChI=1S/C51H64N16O4/c1-12-65-24-29(4)71-51-46(42-23-37-39(55-57-48(37)33(8)53-42)17-15-35-44(26-65)67(28(3)27-68)61-49(35)69-13-2)40(60-64(51)11)18-19-66-43-25-62(9)20-21-70-50-45(31(6)58-63(50)10)41-22-36-38(16-14-34(43)30(5)59-66)54-56-47(36)32(7)52-41/h14-17,22-23,28-29,68H,12-13,18-21,24-27H2,1-11H3,(H,54,56)(H,55,57)/b16-14+,17-15+/t28-,29-/m0/s1. The number of pyridine rings is 2. The Morgan fingerprint density at radius 2 is 1.44 bits per heavy atom. The minimum atomic E-state index is -0.264. The van der Waals surface area contributed by atoms with Crippen molar-refractivity contribution < 1.29 is 19.3 Å². The van der Waals surface area contributed by atoms with Gasteiger partial charge in [-0.2, -0.15) is 25.5 Å². The van der Waals surface area contributed by atoms with Crippen molar-refractivity contribution >= 4 is 46.1 Å². The molecule has 3 N–H and O–H groups in total. The van der Waals surface area contributed by atoms with E-state index in [1.807, 2.05) is 70.2 Å². The third-order valence-corrected chi connectivity index (χ3v) is 13.7. The fourth-order valence-corrected chi connectivity index (χ4v) is 10.1. The van der Waals surface area contributed by atoms with Gasteiger partial charge in [0.05, 0.1) is 98.6 Å². The van der Waals surface area contributed by atoms with E-state index in [0.717, 1.165) is 113 Å². The monoisotopic (exact) mass is 965 g/mol. The van der Waals surface area contributed by atoms with E-state index in [2.05, 4.69) is 81.9 Å². The number of rotatable bonds is 8. The quantitative estimate of drug-likeness (QED) is 0.146. The third-order valence-electron chi connectivity index (χ3n) is 13.7. The predicted octanol–water partition coefficient (Wildman–Crippen LogP) is 6.62.